The second kappa shape index (κ2) is 6.04. The predicted molar refractivity (Wildman–Crippen MR) is 90.3 cm³/mol. The van der Waals surface area contributed by atoms with Crippen LogP contribution in [0.25, 0.3) is 0 Å². The fourth-order valence-corrected chi connectivity index (χ4v) is 4.19. The quantitative estimate of drug-likeness (QED) is 0.878. The first-order valence-electron chi connectivity index (χ1n) is 7.97. The van der Waals surface area contributed by atoms with Gasteiger partial charge in [0.1, 0.15) is 0 Å². The van der Waals surface area contributed by atoms with Gasteiger partial charge in [0.25, 0.3) is 0 Å². The number of aryl methyl sites for hydroxylation is 2. The molecule has 0 unspecified atom stereocenters. The van der Waals surface area contributed by atoms with Gasteiger partial charge in [0, 0.05) is 13.7 Å². The van der Waals surface area contributed by atoms with E-state index in [1.54, 1.807) is 0 Å². The van der Waals surface area contributed by atoms with Crippen molar-refractivity contribution in [3.8, 4) is 0 Å². The highest BCUT2D eigenvalue weighted by Crippen LogP contribution is 2.47. The van der Waals surface area contributed by atoms with Crippen LogP contribution in [-0.2, 0) is 13.5 Å². The van der Waals surface area contributed by atoms with Gasteiger partial charge in [-0.05, 0) is 71.7 Å². The molecule has 1 aliphatic rings. The van der Waals surface area contributed by atoms with E-state index in [-0.39, 0.29) is 12.0 Å². The highest BCUT2D eigenvalue weighted by Gasteiger charge is 2.39. The molecule has 0 amide bonds. The standard InChI is InChI=1S/C17H29BrN2O/c1-12-15(18)14(20(5)19-12)10-17(11-21)8-6-13(7-9-17)16(2,3)4/h13,21H,6-11H2,1-5H3. The molecule has 0 saturated heterocycles. The van der Waals surface area contributed by atoms with Gasteiger partial charge in [0.2, 0.25) is 0 Å². The normalized spacial score (nSPS) is 27.1. The topological polar surface area (TPSA) is 38.0 Å². The zero-order valence-corrected chi connectivity index (χ0v) is 15.6. The average Bonchev–Trinajstić information content (AvgIpc) is 2.65. The second-order valence-electron chi connectivity index (χ2n) is 7.94. The van der Waals surface area contributed by atoms with Crippen molar-refractivity contribution in [2.45, 2.75) is 59.8 Å². The zero-order valence-electron chi connectivity index (χ0n) is 14.0. The second-order valence-corrected chi connectivity index (χ2v) is 8.74. The molecule has 0 aromatic carbocycles. The summed E-state index contributed by atoms with van der Waals surface area (Å²) in [7, 11) is 2.00. The van der Waals surface area contributed by atoms with Gasteiger partial charge in [0.15, 0.2) is 0 Å². The predicted octanol–water partition coefficient (Wildman–Crippen LogP) is 4.25. The maximum Gasteiger partial charge on any atom is 0.0738 e. The van der Waals surface area contributed by atoms with E-state index in [1.807, 2.05) is 18.7 Å². The van der Waals surface area contributed by atoms with Crippen LogP contribution in [0.1, 0.15) is 57.8 Å². The fourth-order valence-electron chi connectivity index (χ4n) is 3.71. The third-order valence-electron chi connectivity index (χ3n) is 5.41. The van der Waals surface area contributed by atoms with Gasteiger partial charge in [-0.15, -0.1) is 0 Å². The summed E-state index contributed by atoms with van der Waals surface area (Å²) in [4.78, 5) is 0. The maximum atomic E-state index is 10.0. The SMILES string of the molecule is Cc1nn(C)c(CC2(CO)CCC(C(C)(C)C)CC2)c1Br. The molecule has 0 bridgehead atoms. The van der Waals surface area contributed by atoms with Crippen molar-refractivity contribution >= 4 is 15.9 Å². The Bertz CT molecular complexity index is 494. The molecule has 120 valence electrons. The van der Waals surface area contributed by atoms with Gasteiger partial charge in [-0.3, -0.25) is 4.68 Å². The molecular formula is C17H29BrN2O. The average molecular weight is 357 g/mol. The zero-order chi connectivity index (χ0) is 15.8. The van der Waals surface area contributed by atoms with Crippen LogP contribution in [-0.4, -0.2) is 21.5 Å². The lowest BCUT2D eigenvalue weighted by Crippen LogP contribution is -2.37. The van der Waals surface area contributed by atoms with Crippen LogP contribution in [0.3, 0.4) is 0 Å². The number of aromatic nitrogens is 2. The van der Waals surface area contributed by atoms with Crippen LogP contribution >= 0.6 is 15.9 Å². The van der Waals surface area contributed by atoms with Crippen LogP contribution in [0.5, 0.6) is 0 Å². The smallest absolute Gasteiger partial charge is 0.0738 e. The summed E-state index contributed by atoms with van der Waals surface area (Å²) in [6.45, 7) is 9.32. The number of rotatable bonds is 3. The molecule has 1 saturated carbocycles. The third kappa shape index (κ3) is 3.53. The Balaban J connectivity index is 2.14. The van der Waals surface area contributed by atoms with Crippen LogP contribution < -0.4 is 0 Å². The Kier molecular flexibility index (Phi) is 4.89. The van der Waals surface area contributed by atoms with Crippen LogP contribution in [0, 0.1) is 23.7 Å². The van der Waals surface area contributed by atoms with Gasteiger partial charge in [0.05, 0.1) is 15.9 Å². The summed E-state index contributed by atoms with van der Waals surface area (Å²) in [5.41, 5.74) is 2.66. The van der Waals surface area contributed by atoms with Gasteiger partial charge in [-0.25, -0.2) is 0 Å². The molecule has 0 atom stereocenters. The molecule has 1 aliphatic carbocycles. The van der Waals surface area contributed by atoms with E-state index >= 15 is 0 Å². The number of aliphatic hydroxyl groups excluding tert-OH is 1. The first-order valence-corrected chi connectivity index (χ1v) is 8.77. The Labute approximate surface area is 137 Å². The van der Waals surface area contributed by atoms with E-state index in [1.165, 1.54) is 18.5 Å². The lowest BCUT2D eigenvalue weighted by Gasteiger charge is -2.43. The van der Waals surface area contributed by atoms with E-state index in [0.717, 1.165) is 35.3 Å². The minimum absolute atomic E-state index is 0.0322. The van der Waals surface area contributed by atoms with Gasteiger partial charge in [-0.1, -0.05) is 20.8 Å². The maximum absolute atomic E-state index is 10.0. The number of nitrogens with zero attached hydrogens (tertiary/aromatic N) is 2. The molecular weight excluding hydrogens is 328 g/mol. The van der Waals surface area contributed by atoms with Crippen LogP contribution in [0.2, 0.25) is 0 Å². The van der Waals surface area contributed by atoms with E-state index in [4.69, 9.17) is 0 Å². The lowest BCUT2D eigenvalue weighted by molar-refractivity contribution is 0.0355. The molecule has 1 aromatic rings. The molecule has 1 fully saturated rings. The Morgan fingerprint density at radius 1 is 1.33 bits per heavy atom. The van der Waals surface area contributed by atoms with Crippen LogP contribution in [0.15, 0.2) is 4.47 Å². The largest absolute Gasteiger partial charge is 0.396 e. The summed E-state index contributed by atoms with van der Waals surface area (Å²) in [5.74, 6) is 0.772. The highest BCUT2D eigenvalue weighted by atomic mass is 79.9. The number of aliphatic hydroxyl groups is 1. The van der Waals surface area contributed by atoms with Gasteiger partial charge >= 0.3 is 0 Å². The van der Waals surface area contributed by atoms with E-state index in [0.29, 0.717) is 5.41 Å². The van der Waals surface area contributed by atoms with E-state index in [2.05, 4.69) is 41.8 Å². The third-order valence-corrected chi connectivity index (χ3v) is 6.44. The Morgan fingerprint density at radius 2 is 1.90 bits per heavy atom. The molecule has 1 heterocycles. The molecule has 0 spiro atoms. The fraction of sp³-hybridized carbons (Fsp3) is 0.824. The summed E-state index contributed by atoms with van der Waals surface area (Å²) in [6, 6.07) is 0. The molecule has 21 heavy (non-hydrogen) atoms. The number of halogens is 1. The first-order chi connectivity index (χ1) is 9.68. The summed E-state index contributed by atoms with van der Waals surface area (Å²) in [5, 5.41) is 14.5. The minimum atomic E-state index is 0.0322. The molecule has 0 aliphatic heterocycles. The summed E-state index contributed by atoms with van der Waals surface area (Å²) < 4.78 is 3.07. The molecule has 1 N–H and O–H groups in total. The number of hydrogen-bond acceptors (Lipinski definition) is 2. The lowest BCUT2D eigenvalue weighted by atomic mass is 9.63. The van der Waals surface area contributed by atoms with Crippen molar-refractivity contribution in [3.05, 3.63) is 15.9 Å². The number of hydrogen-bond donors (Lipinski definition) is 1. The molecule has 3 nitrogen and oxygen atoms in total. The van der Waals surface area contributed by atoms with Gasteiger partial charge in [-0.2, -0.15) is 5.10 Å². The van der Waals surface area contributed by atoms with Crippen LogP contribution in [0.4, 0.5) is 0 Å². The monoisotopic (exact) mass is 356 g/mol. The molecule has 0 radical (unpaired) electrons. The first kappa shape index (κ1) is 17.0. The van der Waals surface area contributed by atoms with Crippen molar-refractivity contribution in [2.75, 3.05) is 6.61 Å². The highest BCUT2D eigenvalue weighted by molar-refractivity contribution is 9.10. The van der Waals surface area contributed by atoms with Crippen molar-refractivity contribution in [1.82, 2.24) is 9.78 Å². The van der Waals surface area contributed by atoms with Crippen molar-refractivity contribution in [3.63, 3.8) is 0 Å². The van der Waals surface area contributed by atoms with Crippen molar-refractivity contribution in [1.29, 1.82) is 0 Å². The summed E-state index contributed by atoms with van der Waals surface area (Å²) in [6.07, 6.45) is 5.58. The molecule has 4 heteroatoms. The van der Waals surface area contributed by atoms with Gasteiger partial charge < -0.3 is 5.11 Å². The molecule has 2 rings (SSSR count). The van der Waals surface area contributed by atoms with E-state index < -0.39 is 0 Å². The van der Waals surface area contributed by atoms with Crippen molar-refractivity contribution in [2.24, 2.45) is 23.8 Å². The Morgan fingerprint density at radius 3 is 2.29 bits per heavy atom. The van der Waals surface area contributed by atoms with Crippen molar-refractivity contribution < 1.29 is 5.11 Å². The molecule has 1 aromatic heterocycles. The Hall–Kier alpha value is -0.350. The van der Waals surface area contributed by atoms with E-state index in [9.17, 15) is 5.11 Å². The minimum Gasteiger partial charge on any atom is -0.396 e. The summed E-state index contributed by atoms with van der Waals surface area (Å²) >= 11 is 3.66.